The molecule has 0 amide bonds. The summed E-state index contributed by atoms with van der Waals surface area (Å²) in [4.78, 5) is 0. The van der Waals surface area contributed by atoms with E-state index in [0.29, 0.717) is 0 Å². The molecule has 0 spiro atoms. The van der Waals surface area contributed by atoms with Gasteiger partial charge >= 0.3 is 0 Å². The third-order valence-electron chi connectivity index (χ3n) is 1.53. The molecule has 2 atom stereocenters. The molecule has 0 aromatic rings. The lowest BCUT2D eigenvalue weighted by Crippen LogP contribution is -2.04. The predicted molar refractivity (Wildman–Crippen MR) is 47.6 cm³/mol. The van der Waals surface area contributed by atoms with Gasteiger partial charge in [-0.25, -0.2) is 0 Å². The summed E-state index contributed by atoms with van der Waals surface area (Å²) in [5.41, 5.74) is 0. The molecule has 0 bridgehead atoms. The van der Waals surface area contributed by atoms with E-state index in [9.17, 15) is 0 Å². The molecule has 1 heteroatoms. The maximum absolute atomic E-state index is 2.49. The van der Waals surface area contributed by atoms with E-state index in [4.69, 9.17) is 0 Å². The molecule has 0 N–H and O–H groups in total. The van der Waals surface area contributed by atoms with E-state index >= 15 is 0 Å². The quantitative estimate of drug-likeness (QED) is 0.511. The Kier molecular flexibility index (Phi) is 5.01. The van der Waals surface area contributed by atoms with Crippen LogP contribution < -0.4 is 0 Å². The average molecular weight is 226 g/mol. The van der Waals surface area contributed by atoms with Gasteiger partial charge in [-0.1, -0.05) is 49.8 Å². The Morgan fingerprint density at radius 3 is 2.00 bits per heavy atom. The predicted octanol–water partition coefficient (Wildman–Crippen LogP) is 3.25. The van der Waals surface area contributed by atoms with Gasteiger partial charge in [-0.2, -0.15) is 0 Å². The molecule has 8 heavy (non-hydrogen) atoms. The highest BCUT2D eigenvalue weighted by molar-refractivity contribution is 14.1. The maximum atomic E-state index is 2.49. The van der Waals surface area contributed by atoms with E-state index in [1.165, 1.54) is 12.8 Å². The van der Waals surface area contributed by atoms with Crippen LogP contribution in [-0.4, -0.2) is 3.92 Å². The summed E-state index contributed by atoms with van der Waals surface area (Å²) in [5, 5.41) is 0. The van der Waals surface area contributed by atoms with Gasteiger partial charge in [0.25, 0.3) is 0 Å². The topological polar surface area (TPSA) is 0 Å². The van der Waals surface area contributed by atoms with Crippen LogP contribution in [0.25, 0.3) is 0 Å². The van der Waals surface area contributed by atoms with Gasteiger partial charge in [-0.05, 0) is 12.3 Å². The van der Waals surface area contributed by atoms with Crippen LogP contribution in [0.4, 0.5) is 0 Å². The van der Waals surface area contributed by atoms with Crippen molar-refractivity contribution in [2.24, 2.45) is 5.92 Å². The monoisotopic (exact) mass is 226 g/mol. The summed E-state index contributed by atoms with van der Waals surface area (Å²) in [5.74, 6) is 0.903. The summed E-state index contributed by atoms with van der Waals surface area (Å²) in [6.45, 7) is 6.84. The first-order valence-corrected chi connectivity index (χ1v) is 4.57. The highest BCUT2D eigenvalue weighted by Gasteiger charge is 2.05. The Labute approximate surface area is 66.2 Å². The summed E-state index contributed by atoms with van der Waals surface area (Å²) < 4.78 is 0.840. The number of hydrogen-bond donors (Lipinski definition) is 0. The minimum absolute atomic E-state index is 0.840. The standard InChI is InChI=1S/C7H15I/c1-4-5-6(2)7(3)8/h6-7H,4-5H2,1-3H3. The smallest absolute Gasteiger partial charge is 0.0107 e. The van der Waals surface area contributed by atoms with E-state index in [2.05, 4.69) is 43.4 Å². The summed E-state index contributed by atoms with van der Waals surface area (Å²) >= 11 is 2.49. The Morgan fingerprint density at radius 1 is 1.38 bits per heavy atom. The van der Waals surface area contributed by atoms with Crippen LogP contribution in [0.2, 0.25) is 0 Å². The molecule has 2 unspecified atom stereocenters. The van der Waals surface area contributed by atoms with Crippen LogP contribution in [0, 0.1) is 5.92 Å². The Morgan fingerprint density at radius 2 is 1.88 bits per heavy atom. The van der Waals surface area contributed by atoms with Crippen LogP contribution >= 0.6 is 22.6 Å². The molecule has 0 saturated carbocycles. The average Bonchev–Trinajstić information content (AvgIpc) is 1.67. The number of rotatable bonds is 3. The van der Waals surface area contributed by atoms with Crippen molar-refractivity contribution in [3.63, 3.8) is 0 Å². The van der Waals surface area contributed by atoms with Crippen LogP contribution in [0.3, 0.4) is 0 Å². The van der Waals surface area contributed by atoms with Crippen molar-refractivity contribution in [2.75, 3.05) is 0 Å². The van der Waals surface area contributed by atoms with Gasteiger partial charge in [-0.15, -0.1) is 0 Å². The van der Waals surface area contributed by atoms with E-state index in [0.717, 1.165) is 9.84 Å². The molecular formula is C7H15I. The zero-order valence-corrected chi connectivity index (χ0v) is 8.10. The highest BCUT2D eigenvalue weighted by Crippen LogP contribution is 2.16. The van der Waals surface area contributed by atoms with E-state index in [-0.39, 0.29) is 0 Å². The first-order valence-electron chi connectivity index (χ1n) is 3.32. The lowest BCUT2D eigenvalue weighted by atomic mass is 10.0. The second-order valence-corrected chi connectivity index (χ2v) is 4.41. The summed E-state index contributed by atoms with van der Waals surface area (Å²) in [6, 6.07) is 0. The van der Waals surface area contributed by atoms with Crippen LogP contribution in [0.15, 0.2) is 0 Å². The van der Waals surface area contributed by atoms with Gasteiger partial charge in [-0.3, -0.25) is 0 Å². The van der Waals surface area contributed by atoms with Crippen LogP contribution in [0.5, 0.6) is 0 Å². The van der Waals surface area contributed by atoms with Crippen molar-refractivity contribution in [3.8, 4) is 0 Å². The Bertz CT molecular complexity index is 50.3. The van der Waals surface area contributed by atoms with Gasteiger partial charge in [0, 0.05) is 3.92 Å². The van der Waals surface area contributed by atoms with Crippen molar-refractivity contribution in [1.29, 1.82) is 0 Å². The van der Waals surface area contributed by atoms with Gasteiger partial charge in [0.1, 0.15) is 0 Å². The van der Waals surface area contributed by atoms with Gasteiger partial charge in [0.05, 0.1) is 0 Å². The second kappa shape index (κ2) is 4.59. The SMILES string of the molecule is CCCC(C)C(C)I. The third kappa shape index (κ3) is 3.70. The normalized spacial score (nSPS) is 18.0. The molecular weight excluding hydrogens is 211 g/mol. The molecule has 0 radical (unpaired) electrons. The largest absolute Gasteiger partial charge is 0.0826 e. The zero-order chi connectivity index (χ0) is 6.57. The highest BCUT2D eigenvalue weighted by atomic mass is 127. The zero-order valence-electron chi connectivity index (χ0n) is 5.95. The molecule has 0 saturated heterocycles. The van der Waals surface area contributed by atoms with Crippen molar-refractivity contribution in [3.05, 3.63) is 0 Å². The Balaban J connectivity index is 3.17. The van der Waals surface area contributed by atoms with Crippen molar-refractivity contribution < 1.29 is 0 Å². The van der Waals surface area contributed by atoms with Gasteiger partial charge < -0.3 is 0 Å². The fraction of sp³-hybridized carbons (Fsp3) is 1.00. The summed E-state index contributed by atoms with van der Waals surface area (Å²) in [6.07, 6.45) is 2.71. The third-order valence-corrected chi connectivity index (χ3v) is 2.76. The minimum atomic E-state index is 0.840. The fourth-order valence-electron chi connectivity index (χ4n) is 0.685. The lowest BCUT2D eigenvalue weighted by molar-refractivity contribution is 0.533. The molecule has 0 fully saturated rings. The molecule has 0 aliphatic rings. The first-order chi connectivity index (χ1) is 3.68. The van der Waals surface area contributed by atoms with E-state index in [1.807, 2.05) is 0 Å². The minimum Gasteiger partial charge on any atom is -0.0826 e. The van der Waals surface area contributed by atoms with Gasteiger partial charge in [0.15, 0.2) is 0 Å². The second-order valence-electron chi connectivity index (χ2n) is 2.44. The molecule has 50 valence electrons. The Hall–Kier alpha value is 0.730. The maximum Gasteiger partial charge on any atom is 0.0107 e. The van der Waals surface area contributed by atoms with Crippen molar-refractivity contribution in [2.45, 2.75) is 37.5 Å². The summed E-state index contributed by atoms with van der Waals surface area (Å²) in [7, 11) is 0. The molecule has 0 aliphatic carbocycles. The molecule has 0 heterocycles. The number of hydrogen-bond acceptors (Lipinski definition) is 0. The molecule has 0 rings (SSSR count). The lowest BCUT2D eigenvalue weighted by Gasteiger charge is -2.11. The van der Waals surface area contributed by atoms with Crippen molar-refractivity contribution >= 4 is 22.6 Å². The molecule has 0 aliphatic heterocycles. The van der Waals surface area contributed by atoms with E-state index in [1.54, 1.807) is 0 Å². The van der Waals surface area contributed by atoms with Crippen molar-refractivity contribution in [1.82, 2.24) is 0 Å². The molecule has 0 nitrogen and oxygen atoms in total. The molecule has 0 aromatic heterocycles. The number of alkyl halides is 1. The van der Waals surface area contributed by atoms with Crippen LogP contribution in [0.1, 0.15) is 33.6 Å². The van der Waals surface area contributed by atoms with E-state index < -0.39 is 0 Å². The molecule has 0 aromatic carbocycles. The van der Waals surface area contributed by atoms with Gasteiger partial charge in [0.2, 0.25) is 0 Å². The first kappa shape index (κ1) is 8.73. The number of halogens is 1. The van der Waals surface area contributed by atoms with Crippen LogP contribution in [-0.2, 0) is 0 Å². The fourth-order valence-corrected chi connectivity index (χ4v) is 1.04.